The Morgan fingerprint density at radius 3 is 2.18 bits per heavy atom. The van der Waals surface area contributed by atoms with Crippen LogP contribution in [0.3, 0.4) is 0 Å². The topological polar surface area (TPSA) is 44.8 Å². The van der Waals surface area contributed by atoms with Crippen LogP contribution in [0.2, 0.25) is 0 Å². The average Bonchev–Trinajstić information content (AvgIpc) is 2.45. The van der Waals surface area contributed by atoms with Crippen LogP contribution in [0.4, 0.5) is 0 Å². The monoisotopic (exact) mass is 372 g/mol. The molecule has 0 amide bonds. The Bertz CT molecular complexity index is 488. The van der Waals surface area contributed by atoms with Crippen molar-refractivity contribution in [2.24, 2.45) is 0 Å². The molecule has 124 valence electrons. The van der Waals surface area contributed by atoms with Crippen molar-refractivity contribution < 1.29 is 19.0 Å². The lowest BCUT2D eigenvalue weighted by atomic mass is 9.85. The molecule has 4 nitrogen and oxygen atoms in total. The molecular weight excluding hydrogens is 348 g/mol. The number of ketones is 1. The Morgan fingerprint density at radius 2 is 1.73 bits per heavy atom. The summed E-state index contributed by atoms with van der Waals surface area (Å²) in [7, 11) is 3.24. The van der Waals surface area contributed by atoms with Gasteiger partial charge in [0.25, 0.3) is 0 Å². The summed E-state index contributed by atoms with van der Waals surface area (Å²) in [5, 5.41) is 0.291. The van der Waals surface area contributed by atoms with E-state index < -0.39 is 0 Å². The highest BCUT2D eigenvalue weighted by atomic mass is 79.9. The van der Waals surface area contributed by atoms with Crippen LogP contribution in [-0.4, -0.2) is 44.7 Å². The number of halogens is 1. The second-order valence-corrected chi connectivity index (χ2v) is 6.76. The zero-order valence-corrected chi connectivity index (χ0v) is 15.5. The number of carbonyl (C=O) groups excluding carboxylic acids is 1. The Balaban J connectivity index is 3.14. The number of ether oxygens (including phenoxy) is 3. The van der Waals surface area contributed by atoms with Crippen LogP contribution in [0, 0.1) is 0 Å². The van der Waals surface area contributed by atoms with Crippen molar-refractivity contribution in [1.29, 1.82) is 0 Å². The summed E-state index contributed by atoms with van der Waals surface area (Å²) in [5.74, 6) is 0.696. The van der Waals surface area contributed by atoms with Crippen molar-refractivity contribution in [2.75, 3.05) is 32.8 Å². The number of Topliss-reactive ketones (excluding diaryl/α,β-unsaturated/α-hetero) is 1. The van der Waals surface area contributed by atoms with Gasteiger partial charge in [-0.05, 0) is 29.2 Å². The van der Waals surface area contributed by atoms with Crippen LogP contribution in [0.1, 0.15) is 36.7 Å². The predicted octanol–water partition coefficient (Wildman–Crippen LogP) is 3.60. The van der Waals surface area contributed by atoms with Gasteiger partial charge in [-0.25, -0.2) is 0 Å². The van der Waals surface area contributed by atoms with E-state index in [0.29, 0.717) is 29.9 Å². The second kappa shape index (κ2) is 8.65. The van der Waals surface area contributed by atoms with Gasteiger partial charge in [-0.1, -0.05) is 36.7 Å². The molecule has 0 fully saturated rings. The van der Waals surface area contributed by atoms with E-state index in [1.807, 2.05) is 12.1 Å². The third kappa shape index (κ3) is 5.71. The first kappa shape index (κ1) is 19.1. The van der Waals surface area contributed by atoms with E-state index in [1.54, 1.807) is 20.3 Å². The molecule has 0 radical (unpaired) electrons. The summed E-state index contributed by atoms with van der Waals surface area (Å²) in [6, 6.07) is 5.68. The van der Waals surface area contributed by atoms with Gasteiger partial charge < -0.3 is 14.2 Å². The molecule has 0 aromatic heterocycles. The Morgan fingerprint density at radius 1 is 1.14 bits per heavy atom. The summed E-state index contributed by atoms with van der Waals surface area (Å²) in [6.45, 7) is 7.17. The maximum atomic E-state index is 12.0. The number of methoxy groups -OCH3 is 2. The number of benzene rings is 1. The molecule has 1 rings (SSSR count). The van der Waals surface area contributed by atoms with Gasteiger partial charge in [-0.2, -0.15) is 0 Å². The Kier molecular flexibility index (Phi) is 7.53. The highest BCUT2D eigenvalue weighted by Crippen LogP contribution is 2.28. The average molecular weight is 373 g/mol. The smallest absolute Gasteiger partial charge is 0.173 e. The lowest BCUT2D eigenvalue weighted by Crippen LogP contribution is -2.28. The van der Waals surface area contributed by atoms with Crippen molar-refractivity contribution in [2.45, 2.75) is 32.3 Å². The minimum atomic E-state index is -0.211. The molecule has 0 bridgehead atoms. The maximum absolute atomic E-state index is 12.0. The van der Waals surface area contributed by atoms with Crippen LogP contribution in [0.25, 0.3) is 0 Å². The standard InChI is InChI=1S/C17H25BrO4/c1-17(2,3)13-6-12(16(19)9-18)7-14(8-13)22-15(10-20-4)11-21-5/h6-8,15H,9-11H2,1-5H3. The fraction of sp³-hybridized carbons (Fsp3) is 0.588. The molecule has 0 aliphatic heterocycles. The van der Waals surface area contributed by atoms with Crippen molar-refractivity contribution in [1.82, 2.24) is 0 Å². The summed E-state index contributed by atoms with van der Waals surface area (Å²) in [6.07, 6.45) is -0.211. The zero-order chi connectivity index (χ0) is 16.8. The molecule has 1 aromatic carbocycles. The van der Waals surface area contributed by atoms with Gasteiger partial charge in [0.2, 0.25) is 0 Å². The number of rotatable bonds is 8. The van der Waals surface area contributed by atoms with Crippen molar-refractivity contribution in [3.8, 4) is 5.75 Å². The molecule has 5 heteroatoms. The van der Waals surface area contributed by atoms with Gasteiger partial charge in [0.05, 0.1) is 18.5 Å². The molecule has 22 heavy (non-hydrogen) atoms. The van der Waals surface area contributed by atoms with Gasteiger partial charge in [-0.15, -0.1) is 0 Å². The zero-order valence-electron chi connectivity index (χ0n) is 13.9. The van der Waals surface area contributed by atoms with Crippen LogP contribution in [0.5, 0.6) is 5.75 Å². The van der Waals surface area contributed by atoms with Gasteiger partial charge in [0.15, 0.2) is 5.78 Å². The van der Waals surface area contributed by atoms with E-state index in [2.05, 4.69) is 36.7 Å². The summed E-state index contributed by atoms with van der Waals surface area (Å²) in [5.41, 5.74) is 1.63. The lowest BCUT2D eigenvalue weighted by molar-refractivity contribution is 0.0244. The van der Waals surface area contributed by atoms with E-state index in [4.69, 9.17) is 14.2 Å². The van der Waals surface area contributed by atoms with Crippen molar-refractivity contribution in [3.05, 3.63) is 29.3 Å². The third-order valence-electron chi connectivity index (χ3n) is 3.22. The second-order valence-electron chi connectivity index (χ2n) is 6.20. The first-order chi connectivity index (χ1) is 10.3. The molecule has 0 aliphatic rings. The lowest BCUT2D eigenvalue weighted by Gasteiger charge is -2.23. The minimum absolute atomic E-state index is 0.0333. The molecule has 0 spiro atoms. The molecule has 0 saturated carbocycles. The largest absolute Gasteiger partial charge is 0.486 e. The van der Waals surface area contributed by atoms with Crippen LogP contribution in [0.15, 0.2) is 18.2 Å². The summed E-state index contributed by atoms with van der Waals surface area (Å²) >= 11 is 3.22. The summed E-state index contributed by atoms with van der Waals surface area (Å²) < 4.78 is 16.2. The maximum Gasteiger partial charge on any atom is 0.173 e. The Labute approximate surface area is 141 Å². The molecular formula is C17H25BrO4. The molecule has 0 atom stereocenters. The van der Waals surface area contributed by atoms with Gasteiger partial charge in [0.1, 0.15) is 11.9 Å². The first-order valence-electron chi connectivity index (χ1n) is 7.21. The van der Waals surface area contributed by atoms with Crippen LogP contribution < -0.4 is 4.74 Å². The predicted molar refractivity (Wildman–Crippen MR) is 91.4 cm³/mol. The van der Waals surface area contributed by atoms with Gasteiger partial charge >= 0.3 is 0 Å². The number of carbonyl (C=O) groups is 1. The van der Waals surface area contributed by atoms with Crippen LogP contribution >= 0.6 is 15.9 Å². The molecule has 0 N–H and O–H groups in total. The fourth-order valence-corrected chi connectivity index (χ4v) is 2.34. The first-order valence-corrected chi connectivity index (χ1v) is 8.33. The van der Waals surface area contributed by atoms with E-state index >= 15 is 0 Å². The minimum Gasteiger partial charge on any atom is -0.486 e. The molecule has 1 aromatic rings. The van der Waals surface area contributed by atoms with Crippen molar-refractivity contribution >= 4 is 21.7 Å². The van der Waals surface area contributed by atoms with E-state index in [1.165, 1.54) is 0 Å². The highest BCUT2D eigenvalue weighted by Gasteiger charge is 2.19. The highest BCUT2D eigenvalue weighted by molar-refractivity contribution is 9.09. The number of hydrogen-bond acceptors (Lipinski definition) is 4. The third-order valence-corrected chi connectivity index (χ3v) is 3.73. The molecule has 0 unspecified atom stereocenters. The van der Waals surface area contributed by atoms with Gasteiger partial charge in [0, 0.05) is 19.8 Å². The summed E-state index contributed by atoms with van der Waals surface area (Å²) in [4.78, 5) is 12.0. The van der Waals surface area contributed by atoms with E-state index in [0.717, 1.165) is 5.56 Å². The quantitative estimate of drug-likeness (QED) is 0.516. The normalized spacial score (nSPS) is 11.8. The van der Waals surface area contributed by atoms with E-state index in [9.17, 15) is 4.79 Å². The van der Waals surface area contributed by atoms with E-state index in [-0.39, 0.29) is 17.3 Å². The SMILES string of the molecule is COCC(COC)Oc1cc(C(=O)CBr)cc(C(C)(C)C)c1. The molecule has 0 saturated heterocycles. The van der Waals surface area contributed by atoms with Crippen molar-refractivity contribution in [3.63, 3.8) is 0 Å². The van der Waals surface area contributed by atoms with Gasteiger partial charge in [-0.3, -0.25) is 4.79 Å². The molecule has 0 heterocycles. The Hall–Kier alpha value is -0.910. The van der Waals surface area contributed by atoms with Crippen LogP contribution in [-0.2, 0) is 14.9 Å². The fourth-order valence-electron chi connectivity index (χ4n) is 2.02. The number of hydrogen-bond donors (Lipinski definition) is 0. The number of alkyl halides is 1. The molecule has 0 aliphatic carbocycles.